The molecule has 2 aliphatic rings. The van der Waals surface area contributed by atoms with E-state index in [9.17, 15) is 49.8 Å². The van der Waals surface area contributed by atoms with E-state index in [1.54, 1.807) is 0 Å². The van der Waals surface area contributed by atoms with Crippen molar-refractivity contribution in [3.63, 3.8) is 0 Å². The van der Waals surface area contributed by atoms with Crippen molar-refractivity contribution in [3.05, 3.63) is 70.8 Å². The Morgan fingerprint density at radius 2 is 0.936 bits per heavy atom. The molecule has 0 bridgehead atoms. The molecule has 0 radical (unpaired) electrons. The van der Waals surface area contributed by atoms with Gasteiger partial charge in [-0.2, -0.15) is 0 Å². The topological polar surface area (TPSA) is 251 Å². The molecule has 2 aromatic rings. The molecule has 2 amide bonds. The molecule has 10 unspecified atom stereocenters. The molecular formula is C30H36N2O14S. The lowest BCUT2D eigenvalue weighted by molar-refractivity contribution is -0.175. The van der Waals surface area contributed by atoms with Crippen LogP contribution < -0.4 is 10.6 Å². The molecule has 0 aliphatic carbocycles. The van der Waals surface area contributed by atoms with Gasteiger partial charge in [-0.3, -0.25) is 9.59 Å². The Labute approximate surface area is 272 Å². The van der Waals surface area contributed by atoms with Gasteiger partial charge in [-0.15, -0.1) is 0 Å². The predicted molar refractivity (Wildman–Crippen MR) is 161 cm³/mol. The second kappa shape index (κ2) is 16.0. The van der Waals surface area contributed by atoms with E-state index in [0.717, 1.165) is 0 Å². The first-order chi connectivity index (χ1) is 22.4. The lowest BCUT2D eigenvalue weighted by Gasteiger charge is -2.46. The maximum absolute atomic E-state index is 13.0. The molecule has 0 spiro atoms. The monoisotopic (exact) mass is 680 g/mol. The molecule has 2 saturated heterocycles. The number of carbonyl (C=O) groups excluding carboxylic acids is 4. The number of hydrogen-bond donors (Lipinski definition) is 8. The van der Waals surface area contributed by atoms with Crippen molar-refractivity contribution in [1.82, 2.24) is 10.6 Å². The lowest BCUT2D eigenvalue weighted by Crippen LogP contribution is -2.66. The SMILES string of the molecule is COC(=O)c1ccc(C(=O)NC2C(O)C(CO)OC(SC3OC(CO)C(O)C(NC(=O)c4ccc(C(=O)OC)cc4)C3O)C2O)cc1. The third-order valence-corrected chi connectivity index (χ3v) is 9.09. The number of methoxy groups -OCH3 is 2. The van der Waals surface area contributed by atoms with Gasteiger partial charge in [0.25, 0.3) is 11.8 Å². The Balaban J connectivity index is 1.49. The van der Waals surface area contributed by atoms with E-state index < -0.39 is 96.5 Å². The van der Waals surface area contributed by atoms with Crippen molar-refractivity contribution in [2.24, 2.45) is 0 Å². The van der Waals surface area contributed by atoms with Crippen molar-refractivity contribution in [1.29, 1.82) is 0 Å². The number of rotatable bonds is 10. The molecule has 0 saturated carbocycles. The highest BCUT2D eigenvalue weighted by molar-refractivity contribution is 8.00. The standard InChI is InChI=1S/C30H36N2O14S/c1-43-27(41)15-7-3-13(4-8-15)25(39)31-19-21(35)17(11-33)45-29(23(19)37)47-30-24(38)20(22(36)18(12-34)46-30)32-26(40)14-5-9-16(10-6-14)28(42)44-2/h3-10,17-24,29-30,33-38H,11-12H2,1-2H3,(H,31,39)(H,32,40). The van der Waals surface area contributed by atoms with Gasteiger partial charge in [0.1, 0.15) is 47.5 Å². The third-order valence-electron chi connectivity index (χ3n) is 7.77. The molecular weight excluding hydrogens is 644 g/mol. The number of nitrogens with one attached hydrogen (secondary N) is 2. The lowest BCUT2D eigenvalue weighted by atomic mass is 9.96. The normalized spacial score (nSPS) is 30.6. The van der Waals surface area contributed by atoms with Crippen LogP contribution in [-0.2, 0) is 18.9 Å². The molecule has 2 aliphatic heterocycles. The quantitative estimate of drug-likeness (QED) is 0.124. The van der Waals surface area contributed by atoms with Crippen molar-refractivity contribution in [2.45, 2.75) is 59.6 Å². The van der Waals surface area contributed by atoms with Gasteiger partial charge < -0.3 is 60.2 Å². The first kappa shape index (κ1) is 36.2. The van der Waals surface area contributed by atoms with Crippen LogP contribution in [0.2, 0.25) is 0 Å². The second-order valence-corrected chi connectivity index (χ2v) is 11.9. The van der Waals surface area contributed by atoms with Crippen LogP contribution in [0.25, 0.3) is 0 Å². The maximum Gasteiger partial charge on any atom is 0.337 e. The molecule has 2 fully saturated rings. The van der Waals surface area contributed by atoms with Crippen LogP contribution in [0.1, 0.15) is 41.4 Å². The maximum atomic E-state index is 13.0. The van der Waals surface area contributed by atoms with Gasteiger partial charge in [-0.25, -0.2) is 9.59 Å². The number of esters is 2. The van der Waals surface area contributed by atoms with E-state index in [4.69, 9.17) is 9.47 Å². The van der Waals surface area contributed by atoms with Crippen LogP contribution in [0, 0.1) is 0 Å². The number of carbonyl (C=O) groups is 4. The summed E-state index contributed by atoms with van der Waals surface area (Å²) in [5.74, 6) is -2.69. The van der Waals surface area contributed by atoms with Crippen LogP contribution in [0.15, 0.2) is 48.5 Å². The molecule has 4 rings (SSSR count). The fourth-order valence-electron chi connectivity index (χ4n) is 5.09. The Hall–Kier alpha value is -3.65. The highest BCUT2D eigenvalue weighted by Gasteiger charge is 2.50. The summed E-state index contributed by atoms with van der Waals surface area (Å²) in [6, 6.07) is 7.98. The number of amides is 2. The molecule has 256 valence electrons. The summed E-state index contributed by atoms with van der Waals surface area (Å²) in [5, 5.41) is 68.7. The van der Waals surface area contributed by atoms with Gasteiger partial charge in [-0.05, 0) is 48.5 Å². The van der Waals surface area contributed by atoms with Crippen molar-refractivity contribution in [3.8, 4) is 0 Å². The molecule has 16 nitrogen and oxygen atoms in total. The molecule has 10 atom stereocenters. The highest BCUT2D eigenvalue weighted by atomic mass is 32.2. The zero-order valence-electron chi connectivity index (χ0n) is 25.2. The van der Waals surface area contributed by atoms with E-state index in [0.29, 0.717) is 11.8 Å². The number of hydrogen-bond acceptors (Lipinski definition) is 15. The Kier molecular flexibility index (Phi) is 12.3. The van der Waals surface area contributed by atoms with E-state index in [-0.39, 0.29) is 22.3 Å². The van der Waals surface area contributed by atoms with Crippen molar-refractivity contribution < 1.29 is 68.8 Å². The van der Waals surface area contributed by atoms with Gasteiger partial charge in [-0.1, -0.05) is 11.8 Å². The predicted octanol–water partition coefficient (Wildman–Crippen LogP) is -2.23. The number of aliphatic hydroxyl groups excluding tert-OH is 6. The summed E-state index contributed by atoms with van der Waals surface area (Å²) in [6.45, 7) is -1.44. The van der Waals surface area contributed by atoms with Crippen molar-refractivity contribution in [2.75, 3.05) is 27.4 Å². The molecule has 0 aromatic heterocycles. The van der Waals surface area contributed by atoms with E-state index >= 15 is 0 Å². The molecule has 2 heterocycles. The Morgan fingerprint density at radius 3 is 1.23 bits per heavy atom. The van der Waals surface area contributed by atoms with Gasteiger partial charge >= 0.3 is 11.9 Å². The third kappa shape index (κ3) is 8.08. The molecule has 8 N–H and O–H groups in total. The van der Waals surface area contributed by atoms with Gasteiger partial charge in [0, 0.05) is 11.1 Å². The smallest absolute Gasteiger partial charge is 0.337 e. The van der Waals surface area contributed by atoms with Crippen molar-refractivity contribution >= 4 is 35.5 Å². The summed E-state index contributed by atoms with van der Waals surface area (Å²) in [5.41, 5.74) is -2.15. The molecule has 17 heteroatoms. The van der Waals surface area contributed by atoms with E-state index in [2.05, 4.69) is 20.1 Å². The minimum Gasteiger partial charge on any atom is -0.465 e. The number of benzene rings is 2. The van der Waals surface area contributed by atoms with Crippen LogP contribution in [0.3, 0.4) is 0 Å². The fraction of sp³-hybridized carbons (Fsp3) is 0.467. The number of thioether (sulfide) groups is 1. The minimum absolute atomic E-state index is 0.0811. The molecule has 2 aromatic carbocycles. The van der Waals surface area contributed by atoms with E-state index in [1.165, 1.54) is 62.8 Å². The summed E-state index contributed by atoms with van der Waals surface area (Å²) < 4.78 is 20.6. The van der Waals surface area contributed by atoms with Crippen LogP contribution in [0.4, 0.5) is 0 Å². The Bertz CT molecular complexity index is 1300. The molecule has 47 heavy (non-hydrogen) atoms. The second-order valence-electron chi connectivity index (χ2n) is 10.7. The summed E-state index contributed by atoms with van der Waals surface area (Å²) in [7, 11) is 2.41. The summed E-state index contributed by atoms with van der Waals surface area (Å²) in [6.07, 6.45) is -9.04. The Morgan fingerprint density at radius 1 is 0.617 bits per heavy atom. The number of ether oxygens (including phenoxy) is 4. The first-order valence-corrected chi connectivity index (χ1v) is 15.3. The van der Waals surface area contributed by atoms with Gasteiger partial charge in [0.15, 0.2) is 0 Å². The van der Waals surface area contributed by atoms with Gasteiger partial charge in [0.05, 0.1) is 50.6 Å². The largest absolute Gasteiger partial charge is 0.465 e. The zero-order valence-corrected chi connectivity index (χ0v) is 26.0. The fourth-order valence-corrected chi connectivity index (χ4v) is 6.43. The van der Waals surface area contributed by atoms with Crippen LogP contribution in [0.5, 0.6) is 0 Å². The van der Waals surface area contributed by atoms with Crippen LogP contribution in [-0.4, -0.2) is 141 Å². The first-order valence-electron chi connectivity index (χ1n) is 14.3. The van der Waals surface area contributed by atoms with Crippen LogP contribution >= 0.6 is 11.8 Å². The summed E-state index contributed by atoms with van der Waals surface area (Å²) in [4.78, 5) is 49.4. The highest BCUT2D eigenvalue weighted by Crippen LogP contribution is 2.37. The van der Waals surface area contributed by atoms with E-state index in [1.807, 2.05) is 0 Å². The number of aliphatic hydroxyl groups is 6. The average Bonchev–Trinajstić information content (AvgIpc) is 3.09. The summed E-state index contributed by atoms with van der Waals surface area (Å²) >= 11 is 0.674. The minimum atomic E-state index is -1.65. The van der Waals surface area contributed by atoms with Gasteiger partial charge in [0.2, 0.25) is 0 Å². The zero-order chi connectivity index (χ0) is 34.4. The average molecular weight is 681 g/mol.